The van der Waals surface area contributed by atoms with E-state index >= 15 is 0 Å². The van der Waals surface area contributed by atoms with E-state index in [9.17, 15) is 4.79 Å². The van der Waals surface area contributed by atoms with Crippen LogP contribution in [0.5, 0.6) is 0 Å². The molecule has 1 aliphatic heterocycles. The second kappa shape index (κ2) is 7.23. The highest BCUT2D eigenvalue weighted by atomic mass is 79.9. The van der Waals surface area contributed by atoms with Gasteiger partial charge in [-0.3, -0.25) is 4.79 Å². The lowest BCUT2D eigenvalue weighted by Gasteiger charge is -2.34. The van der Waals surface area contributed by atoms with Crippen molar-refractivity contribution in [2.24, 2.45) is 11.7 Å². The van der Waals surface area contributed by atoms with Gasteiger partial charge in [0.1, 0.15) is 0 Å². The second-order valence-electron chi connectivity index (χ2n) is 5.69. The zero-order chi connectivity index (χ0) is 14.5. The summed E-state index contributed by atoms with van der Waals surface area (Å²) in [6.07, 6.45) is 3.59. The lowest BCUT2D eigenvalue weighted by atomic mass is 9.92. The fourth-order valence-corrected chi connectivity index (χ4v) is 3.25. The van der Waals surface area contributed by atoms with Gasteiger partial charge in [0.05, 0.1) is 0 Å². The van der Waals surface area contributed by atoms with Crippen LogP contribution in [0.25, 0.3) is 0 Å². The summed E-state index contributed by atoms with van der Waals surface area (Å²) in [7, 11) is 0. The Morgan fingerprint density at radius 3 is 2.95 bits per heavy atom. The number of nitrogens with two attached hydrogens (primary N) is 1. The summed E-state index contributed by atoms with van der Waals surface area (Å²) in [5, 5.41) is 0. The Kier molecular flexibility index (Phi) is 5.61. The Hall–Kier alpha value is -0.870. The monoisotopic (exact) mass is 338 g/mol. The van der Waals surface area contributed by atoms with Crippen LogP contribution in [0.4, 0.5) is 0 Å². The molecule has 1 aliphatic rings. The standard InChI is InChI=1S/C16H23BrN2O/c1-12(18)14-6-4-10-19(11-14)16(20)9-8-13-5-2-3-7-15(13)17/h2-3,5,7,12,14H,4,6,8-11,18H2,1H3/t12-,14-/m1/s1. The first-order valence-electron chi connectivity index (χ1n) is 7.34. The highest BCUT2D eigenvalue weighted by Crippen LogP contribution is 2.21. The molecule has 1 saturated heterocycles. The highest BCUT2D eigenvalue weighted by molar-refractivity contribution is 9.10. The predicted molar refractivity (Wildman–Crippen MR) is 85.4 cm³/mol. The van der Waals surface area contributed by atoms with E-state index in [1.807, 2.05) is 30.0 Å². The molecule has 1 aromatic rings. The van der Waals surface area contributed by atoms with Crippen LogP contribution in [0.2, 0.25) is 0 Å². The minimum atomic E-state index is 0.175. The van der Waals surface area contributed by atoms with Gasteiger partial charge in [0.15, 0.2) is 0 Å². The van der Waals surface area contributed by atoms with Crippen LogP contribution in [-0.2, 0) is 11.2 Å². The number of aryl methyl sites for hydroxylation is 1. The third kappa shape index (κ3) is 4.06. The SMILES string of the molecule is C[C@@H](N)[C@@H]1CCCN(C(=O)CCc2ccccc2Br)C1. The summed E-state index contributed by atoms with van der Waals surface area (Å²) >= 11 is 3.53. The van der Waals surface area contributed by atoms with Gasteiger partial charge in [-0.2, -0.15) is 0 Å². The molecule has 3 nitrogen and oxygen atoms in total. The van der Waals surface area contributed by atoms with Gasteiger partial charge in [0.25, 0.3) is 0 Å². The van der Waals surface area contributed by atoms with E-state index in [1.54, 1.807) is 0 Å². The van der Waals surface area contributed by atoms with Crippen molar-refractivity contribution in [3.05, 3.63) is 34.3 Å². The molecule has 0 bridgehead atoms. The highest BCUT2D eigenvalue weighted by Gasteiger charge is 2.25. The Bertz CT molecular complexity index is 462. The first-order valence-corrected chi connectivity index (χ1v) is 8.14. The first kappa shape index (κ1) is 15.5. The number of halogens is 1. The molecule has 0 spiro atoms. The van der Waals surface area contributed by atoms with Crippen LogP contribution in [-0.4, -0.2) is 29.9 Å². The van der Waals surface area contributed by atoms with Gasteiger partial charge in [-0.15, -0.1) is 0 Å². The molecule has 2 atom stereocenters. The van der Waals surface area contributed by atoms with Crippen molar-refractivity contribution in [3.63, 3.8) is 0 Å². The smallest absolute Gasteiger partial charge is 0.222 e. The number of piperidine rings is 1. The van der Waals surface area contributed by atoms with Crippen molar-refractivity contribution in [1.82, 2.24) is 4.90 Å². The number of benzene rings is 1. The molecule has 0 unspecified atom stereocenters. The number of rotatable bonds is 4. The average molecular weight is 339 g/mol. The lowest BCUT2D eigenvalue weighted by Crippen LogP contribution is -2.45. The minimum Gasteiger partial charge on any atom is -0.342 e. The van der Waals surface area contributed by atoms with E-state index in [2.05, 4.69) is 22.0 Å². The Labute approximate surface area is 129 Å². The summed E-state index contributed by atoms with van der Waals surface area (Å²) in [6.45, 7) is 3.75. The average Bonchev–Trinajstić information content (AvgIpc) is 2.46. The van der Waals surface area contributed by atoms with Gasteiger partial charge in [0.2, 0.25) is 5.91 Å². The molecule has 0 aromatic heterocycles. The number of carbonyl (C=O) groups excluding carboxylic acids is 1. The van der Waals surface area contributed by atoms with Crippen LogP contribution in [0.15, 0.2) is 28.7 Å². The van der Waals surface area contributed by atoms with Crippen LogP contribution in [0.3, 0.4) is 0 Å². The summed E-state index contributed by atoms with van der Waals surface area (Å²) in [5.74, 6) is 0.710. The number of likely N-dealkylation sites (tertiary alicyclic amines) is 1. The molecule has 1 fully saturated rings. The summed E-state index contributed by atoms with van der Waals surface area (Å²) in [6, 6.07) is 8.27. The van der Waals surface area contributed by atoms with Crippen LogP contribution in [0, 0.1) is 5.92 Å². The van der Waals surface area contributed by atoms with Crippen molar-refractivity contribution in [2.45, 2.75) is 38.6 Å². The van der Waals surface area contributed by atoms with Gasteiger partial charge < -0.3 is 10.6 Å². The molecule has 1 amide bonds. The molecular formula is C16H23BrN2O. The fraction of sp³-hybridized carbons (Fsp3) is 0.562. The lowest BCUT2D eigenvalue weighted by molar-refractivity contribution is -0.133. The first-order chi connectivity index (χ1) is 9.58. The van der Waals surface area contributed by atoms with Crippen molar-refractivity contribution < 1.29 is 4.79 Å². The van der Waals surface area contributed by atoms with E-state index in [1.165, 1.54) is 5.56 Å². The third-order valence-electron chi connectivity index (χ3n) is 4.12. The molecule has 0 saturated carbocycles. The van der Waals surface area contributed by atoms with Crippen molar-refractivity contribution in [1.29, 1.82) is 0 Å². The Balaban J connectivity index is 1.87. The number of carbonyl (C=O) groups is 1. The summed E-state index contributed by atoms with van der Waals surface area (Å²) in [5.41, 5.74) is 7.17. The van der Waals surface area contributed by atoms with Gasteiger partial charge in [-0.05, 0) is 43.7 Å². The molecule has 0 radical (unpaired) electrons. The zero-order valence-electron chi connectivity index (χ0n) is 12.0. The molecule has 1 aromatic carbocycles. The second-order valence-corrected chi connectivity index (χ2v) is 6.55. The number of hydrogen-bond acceptors (Lipinski definition) is 2. The molecule has 1 heterocycles. The van der Waals surface area contributed by atoms with Crippen LogP contribution >= 0.6 is 15.9 Å². The van der Waals surface area contributed by atoms with Crippen molar-refractivity contribution >= 4 is 21.8 Å². The number of nitrogens with zero attached hydrogens (tertiary/aromatic N) is 1. The van der Waals surface area contributed by atoms with Crippen LogP contribution in [0.1, 0.15) is 31.7 Å². The molecule has 4 heteroatoms. The normalized spacial score (nSPS) is 20.8. The van der Waals surface area contributed by atoms with E-state index in [4.69, 9.17) is 5.73 Å². The van der Waals surface area contributed by atoms with Crippen molar-refractivity contribution in [3.8, 4) is 0 Å². The zero-order valence-corrected chi connectivity index (χ0v) is 13.6. The maximum Gasteiger partial charge on any atom is 0.222 e. The Morgan fingerprint density at radius 1 is 1.50 bits per heavy atom. The Morgan fingerprint density at radius 2 is 2.25 bits per heavy atom. The van der Waals surface area contributed by atoms with E-state index in [-0.39, 0.29) is 11.9 Å². The number of amides is 1. The van der Waals surface area contributed by atoms with Crippen molar-refractivity contribution in [2.75, 3.05) is 13.1 Å². The van der Waals surface area contributed by atoms with Crippen LogP contribution < -0.4 is 5.73 Å². The number of hydrogen-bond donors (Lipinski definition) is 1. The molecule has 110 valence electrons. The third-order valence-corrected chi connectivity index (χ3v) is 4.89. The molecule has 2 N–H and O–H groups in total. The van der Waals surface area contributed by atoms with Gasteiger partial charge >= 0.3 is 0 Å². The predicted octanol–water partition coefficient (Wildman–Crippen LogP) is 2.97. The molecule has 2 rings (SSSR count). The van der Waals surface area contributed by atoms with E-state index in [0.717, 1.165) is 36.8 Å². The van der Waals surface area contributed by atoms with E-state index in [0.29, 0.717) is 12.3 Å². The maximum atomic E-state index is 12.3. The maximum absolute atomic E-state index is 12.3. The van der Waals surface area contributed by atoms with Gasteiger partial charge in [-0.1, -0.05) is 34.1 Å². The summed E-state index contributed by atoms with van der Waals surface area (Å²) < 4.78 is 1.08. The molecule has 20 heavy (non-hydrogen) atoms. The van der Waals surface area contributed by atoms with Gasteiger partial charge in [-0.25, -0.2) is 0 Å². The summed E-state index contributed by atoms with van der Waals surface area (Å²) in [4.78, 5) is 14.3. The van der Waals surface area contributed by atoms with E-state index < -0.39 is 0 Å². The molecular weight excluding hydrogens is 316 g/mol. The fourth-order valence-electron chi connectivity index (χ4n) is 2.77. The topological polar surface area (TPSA) is 46.3 Å². The largest absolute Gasteiger partial charge is 0.342 e. The molecule has 0 aliphatic carbocycles. The van der Waals surface area contributed by atoms with Gasteiger partial charge in [0, 0.05) is 30.0 Å². The quantitative estimate of drug-likeness (QED) is 0.917. The minimum absolute atomic E-state index is 0.175.